The zero-order valence-corrected chi connectivity index (χ0v) is 24.8. The standard InChI is InChI=1S/C42H30N2/c1-27-25-43-24-23-32(27)29-17-19-30(20-18-29)41-36-11-5-7-13-38(36)42(39-14-8-6-12-37(39)41)40-22-21-33(31-16-15-28(2)44-26-31)34-9-3-4-10-35(34)40/h3-26H,1-2H3. The fourth-order valence-electron chi connectivity index (χ4n) is 6.74. The molecule has 0 radical (unpaired) electrons. The summed E-state index contributed by atoms with van der Waals surface area (Å²) in [6, 6.07) is 46.4. The third-order valence-corrected chi connectivity index (χ3v) is 8.85. The quantitative estimate of drug-likeness (QED) is 0.199. The van der Waals surface area contributed by atoms with E-state index in [0.29, 0.717) is 0 Å². The van der Waals surface area contributed by atoms with Crippen molar-refractivity contribution in [2.24, 2.45) is 0 Å². The molecule has 0 N–H and O–H groups in total. The molecule has 0 saturated heterocycles. The van der Waals surface area contributed by atoms with E-state index in [4.69, 9.17) is 0 Å². The maximum absolute atomic E-state index is 4.59. The summed E-state index contributed by atoms with van der Waals surface area (Å²) in [5.74, 6) is 0. The molecule has 0 amide bonds. The molecule has 208 valence electrons. The maximum atomic E-state index is 4.59. The summed E-state index contributed by atoms with van der Waals surface area (Å²) in [6.07, 6.45) is 5.78. The van der Waals surface area contributed by atoms with Crippen LogP contribution in [0, 0.1) is 13.8 Å². The van der Waals surface area contributed by atoms with E-state index in [2.05, 4.69) is 144 Å². The van der Waals surface area contributed by atoms with Crippen LogP contribution in [0.3, 0.4) is 0 Å². The van der Waals surface area contributed by atoms with Gasteiger partial charge in [-0.05, 0) is 103 Å². The highest BCUT2D eigenvalue weighted by molar-refractivity contribution is 6.24. The minimum Gasteiger partial charge on any atom is -0.264 e. The molecule has 2 nitrogen and oxygen atoms in total. The number of hydrogen-bond acceptors (Lipinski definition) is 2. The predicted octanol–water partition coefficient (Wildman–Crippen LogP) is 11.2. The summed E-state index contributed by atoms with van der Waals surface area (Å²) >= 11 is 0. The number of pyridine rings is 2. The molecule has 8 rings (SSSR count). The second-order valence-corrected chi connectivity index (χ2v) is 11.5. The largest absolute Gasteiger partial charge is 0.264 e. The molecule has 0 aliphatic rings. The van der Waals surface area contributed by atoms with E-state index in [1.54, 1.807) is 0 Å². The number of aryl methyl sites for hydroxylation is 2. The lowest BCUT2D eigenvalue weighted by atomic mass is 9.83. The van der Waals surface area contributed by atoms with E-state index in [9.17, 15) is 0 Å². The zero-order chi connectivity index (χ0) is 29.6. The molecule has 0 aliphatic heterocycles. The monoisotopic (exact) mass is 562 g/mol. The van der Waals surface area contributed by atoms with Gasteiger partial charge in [0.15, 0.2) is 0 Å². The second-order valence-electron chi connectivity index (χ2n) is 11.5. The van der Waals surface area contributed by atoms with Gasteiger partial charge in [-0.15, -0.1) is 0 Å². The molecular weight excluding hydrogens is 532 g/mol. The molecule has 6 aromatic carbocycles. The van der Waals surface area contributed by atoms with Gasteiger partial charge in [-0.25, -0.2) is 0 Å². The van der Waals surface area contributed by atoms with Crippen LogP contribution in [0.5, 0.6) is 0 Å². The summed E-state index contributed by atoms with van der Waals surface area (Å²) < 4.78 is 0. The van der Waals surface area contributed by atoms with E-state index in [0.717, 1.165) is 11.3 Å². The molecule has 0 spiro atoms. The Morgan fingerprint density at radius 1 is 0.386 bits per heavy atom. The fraction of sp³-hybridized carbons (Fsp3) is 0.0476. The van der Waals surface area contributed by atoms with Gasteiger partial charge in [0.25, 0.3) is 0 Å². The molecule has 2 heterocycles. The average molecular weight is 563 g/mol. The van der Waals surface area contributed by atoms with Crippen LogP contribution < -0.4 is 0 Å². The van der Waals surface area contributed by atoms with Crippen LogP contribution in [0.4, 0.5) is 0 Å². The Hall–Kier alpha value is -5.60. The molecule has 2 aromatic heterocycles. The molecule has 0 atom stereocenters. The smallest absolute Gasteiger partial charge is 0.0373 e. The van der Waals surface area contributed by atoms with Crippen LogP contribution in [0.25, 0.3) is 76.8 Å². The molecule has 0 bridgehead atoms. The van der Waals surface area contributed by atoms with Crippen molar-refractivity contribution in [1.82, 2.24) is 9.97 Å². The summed E-state index contributed by atoms with van der Waals surface area (Å²) in [5, 5.41) is 7.49. The van der Waals surface area contributed by atoms with Crippen LogP contribution in [0.2, 0.25) is 0 Å². The Morgan fingerprint density at radius 2 is 0.909 bits per heavy atom. The van der Waals surface area contributed by atoms with Gasteiger partial charge in [0.1, 0.15) is 0 Å². The number of nitrogens with zero attached hydrogens (tertiary/aromatic N) is 2. The normalized spacial score (nSPS) is 11.4. The number of fused-ring (bicyclic) bond motifs is 3. The van der Waals surface area contributed by atoms with Gasteiger partial charge < -0.3 is 0 Å². The molecule has 0 aliphatic carbocycles. The van der Waals surface area contributed by atoms with Gasteiger partial charge in [0.2, 0.25) is 0 Å². The summed E-state index contributed by atoms with van der Waals surface area (Å²) in [6.45, 7) is 4.14. The number of hydrogen-bond donors (Lipinski definition) is 0. The molecule has 2 heteroatoms. The Morgan fingerprint density at radius 3 is 1.50 bits per heavy atom. The van der Waals surface area contributed by atoms with Crippen molar-refractivity contribution in [2.45, 2.75) is 13.8 Å². The highest BCUT2D eigenvalue weighted by Crippen LogP contribution is 2.46. The SMILES string of the molecule is Cc1ccc(-c2ccc(-c3c4ccccc4c(-c4ccc(-c5ccncc5C)cc4)c4ccccc34)c3ccccc23)cn1. The van der Waals surface area contributed by atoms with Gasteiger partial charge in [-0.2, -0.15) is 0 Å². The fourth-order valence-corrected chi connectivity index (χ4v) is 6.74. The minimum atomic E-state index is 1.02. The van der Waals surface area contributed by atoms with Crippen molar-refractivity contribution in [3.63, 3.8) is 0 Å². The van der Waals surface area contributed by atoms with Crippen molar-refractivity contribution >= 4 is 32.3 Å². The van der Waals surface area contributed by atoms with Crippen LogP contribution >= 0.6 is 0 Å². The third kappa shape index (κ3) is 4.27. The van der Waals surface area contributed by atoms with Gasteiger partial charge >= 0.3 is 0 Å². The molecule has 8 aromatic rings. The van der Waals surface area contributed by atoms with Gasteiger partial charge in [0.05, 0.1) is 0 Å². The molecular formula is C42H30N2. The van der Waals surface area contributed by atoms with E-state index >= 15 is 0 Å². The molecule has 44 heavy (non-hydrogen) atoms. The zero-order valence-electron chi connectivity index (χ0n) is 24.8. The first-order valence-corrected chi connectivity index (χ1v) is 15.1. The first-order valence-electron chi connectivity index (χ1n) is 15.1. The summed E-state index contributed by atoms with van der Waals surface area (Å²) in [7, 11) is 0. The van der Waals surface area contributed by atoms with Crippen molar-refractivity contribution in [2.75, 3.05) is 0 Å². The first kappa shape index (κ1) is 26.1. The molecule has 0 fully saturated rings. The maximum Gasteiger partial charge on any atom is 0.0373 e. The van der Waals surface area contributed by atoms with Crippen molar-refractivity contribution < 1.29 is 0 Å². The molecule has 0 saturated carbocycles. The predicted molar refractivity (Wildman–Crippen MR) is 186 cm³/mol. The number of benzene rings is 6. The Kier molecular flexibility index (Phi) is 6.27. The van der Waals surface area contributed by atoms with Gasteiger partial charge in [-0.3, -0.25) is 9.97 Å². The van der Waals surface area contributed by atoms with Crippen LogP contribution in [-0.2, 0) is 0 Å². The Balaban J connectivity index is 1.38. The van der Waals surface area contributed by atoms with Crippen LogP contribution in [-0.4, -0.2) is 9.97 Å². The number of aromatic nitrogens is 2. The van der Waals surface area contributed by atoms with Crippen molar-refractivity contribution in [1.29, 1.82) is 0 Å². The Bertz CT molecular complexity index is 2270. The van der Waals surface area contributed by atoms with E-state index in [-0.39, 0.29) is 0 Å². The van der Waals surface area contributed by atoms with E-state index in [1.165, 1.54) is 76.8 Å². The van der Waals surface area contributed by atoms with Crippen LogP contribution in [0.1, 0.15) is 11.3 Å². The second kappa shape index (κ2) is 10.6. The van der Waals surface area contributed by atoms with Crippen molar-refractivity contribution in [3.8, 4) is 44.5 Å². The third-order valence-electron chi connectivity index (χ3n) is 8.85. The Labute approximate surface area is 257 Å². The van der Waals surface area contributed by atoms with Gasteiger partial charge in [-0.1, -0.05) is 115 Å². The van der Waals surface area contributed by atoms with E-state index in [1.807, 2.05) is 25.5 Å². The lowest BCUT2D eigenvalue weighted by molar-refractivity contribution is 1.20. The lowest BCUT2D eigenvalue weighted by Gasteiger charge is -2.20. The van der Waals surface area contributed by atoms with Crippen molar-refractivity contribution in [3.05, 3.63) is 157 Å². The first-order chi connectivity index (χ1) is 21.7. The number of rotatable bonds is 4. The van der Waals surface area contributed by atoms with E-state index < -0.39 is 0 Å². The molecule has 0 unspecified atom stereocenters. The highest BCUT2D eigenvalue weighted by Gasteiger charge is 2.19. The lowest BCUT2D eigenvalue weighted by Crippen LogP contribution is -1.93. The average Bonchev–Trinajstić information content (AvgIpc) is 3.08. The van der Waals surface area contributed by atoms with Crippen LogP contribution in [0.15, 0.2) is 146 Å². The summed E-state index contributed by atoms with van der Waals surface area (Å²) in [5.41, 5.74) is 12.0. The summed E-state index contributed by atoms with van der Waals surface area (Å²) in [4.78, 5) is 8.86. The minimum absolute atomic E-state index is 1.02. The topological polar surface area (TPSA) is 25.8 Å². The van der Waals surface area contributed by atoms with Gasteiger partial charge in [0, 0.05) is 29.8 Å². The highest BCUT2D eigenvalue weighted by atomic mass is 14.7.